The van der Waals surface area contributed by atoms with Crippen LogP contribution in [0.1, 0.15) is 11.3 Å². The number of nitrogens with one attached hydrogen (secondary N) is 1. The highest BCUT2D eigenvalue weighted by molar-refractivity contribution is 5.91. The lowest BCUT2D eigenvalue weighted by Crippen LogP contribution is -2.42. The summed E-state index contributed by atoms with van der Waals surface area (Å²) in [5.74, 6) is -0.109. The van der Waals surface area contributed by atoms with E-state index in [2.05, 4.69) is 5.32 Å². The van der Waals surface area contributed by atoms with E-state index < -0.39 is 4.92 Å². The molecule has 0 aliphatic heterocycles. The molecular weight excluding hydrogens is 298 g/mol. The number of nitrogens with zero attached hydrogens (tertiary/aromatic N) is 2. The lowest BCUT2D eigenvalue weighted by molar-refractivity contribution is -0.690. The van der Waals surface area contributed by atoms with E-state index in [-0.39, 0.29) is 23.9 Å². The summed E-state index contributed by atoms with van der Waals surface area (Å²) in [5, 5.41) is 13.7. The number of amides is 1. The van der Waals surface area contributed by atoms with Crippen LogP contribution >= 0.6 is 0 Å². The SMILES string of the molecule is COc1cc(NC(=O)C[n+]2ccccc2C)c(C)cc1[N+](=O)[O-]. The molecule has 0 spiro atoms. The molecule has 0 unspecified atom stereocenters. The van der Waals surface area contributed by atoms with Crippen molar-refractivity contribution in [2.75, 3.05) is 12.4 Å². The summed E-state index contributed by atoms with van der Waals surface area (Å²) in [4.78, 5) is 22.7. The summed E-state index contributed by atoms with van der Waals surface area (Å²) in [7, 11) is 1.35. The fraction of sp³-hybridized carbons (Fsp3) is 0.250. The number of aromatic nitrogens is 1. The maximum atomic E-state index is 12.2. The average molecular weight is 316 g/mol. The number of carbonyl (C=O) groups excluding carboxylic acids is 1. The second-order valence-corrected chi connectivity index (χ2v) is 5.11. The Morgan fingerprint density at radius 3 is 2.70 bits per heavy atom. The lowest BCUT2D eigenvalue weighted by Gasteiger charge is -2.10. The van der Waals surface area contributed by atoms with Crippen molar-refractivity contribution in [3.63, 3.8) is 0 Å². The highest BCUT2D eigenvalue weighted by Gasteiger charge is 2.19. The maximum absolute atomic E-state index is 12.2. The van der Waals surface area contributed by atoms with Gasteiger partial charge in [-0.2, -0.15) is 4.57 Å². The minimum absolute atomic E-state index is 0.111. The molecule has 0 atom stereocenters. The van der Waals surface area contributed by atoms with Crippen molar-refractivity contribution in [2.45, 2.75) is 20.4 Å². The number of nitro benzene ring substituents is 1. The van der Waals surface area contributed by atoms with E-state index in [1.165, 1.54) is 19.2 Å². The molecule has 120 valence electrons. The molecule has 2 aromatic rings. The van der Waals surface area contributed by atoms with Crippen LogP contribution in [0, 0.1) is 24.0 Å². The van der Waals surface area contributed by atoms with Crippen molar-refractivity contribution < 1.29 is 19.0 Å². The van der Waals surface area contributed by atoms with Crippen LogP contribution < -0.4 is 14.6 Å². The van der Waals surface area contributed by atoms with Gasteiger partial charge in [-0.25, -0.2) is 0 Å². The highest BCUT2D eigenvalue weighted by atomic mass is 16.6. The fourth-order valence-corrected chi connectivity index (χ4v) is 2.20. The van der Waals surface area contributed by atoms with Crippen LogP contribution in [0.5, 0.6) is 5.75 Å². The van der Waals surface area contributed by atoms with Gasteiger partial charge in [-0.3, -0.25) is 14.9 Å². The molecule has 0 bridgehead atoms. The third kappa shape index (κ3) is 3.82. The number of ether oxygens (including phenoxy) is 1. The van der Waals surface area contributed by atoms with Crippen LogP contribution in [0.15, 0.2) is 36.5 Å². The third-order valence-corrected chi connectivity index (χ3v) is 3.48. The molecule has 0 saturated carbocycles. The first-order chi connectivity index (χ1) is 10.9. The molecule has 7 heteroatoms. The van der Waals surface area contributed by atoms with Gasteiger partial charge in [-0.05, 0) is 12.5 Å². The Kier molecular flexibility index (Phi) is 4.90. The summed E-state index contributed by atoms with van der Waals surface area (Å²) in [5.41, 5.74) is 1.92. The van der Waals surface area contributed by atoms with E-state index in [0.29, 0.717) is 11.3 Å². The van der Waals surface area contributed by atoms with Gasteiger partial charge < -0.3 is 10.1 Å². The molecule has 1 N–H and O–H groups in total. The first-order valence-corrected chi connectivity index (χ1v) is 7.00. The monoisotopic (exact) mass is 316 g/mol. The predicted molar refractivity (Wildman–Crippen MR) is 84.4 cm³/mol. The van der Waals surface area contributed by atoms with Crippen molar-refractivity contribution >= 4 is 17.3 Å². The molecule has 0 radical (unpaired) electrons. The number of pyridine rings is 1. The zero-order chi connectivity index (χ0) is 17.0. The van der Waals surface area contributed by atoms with Gasteiger partial charge in [0.1, 0.15) is 0 Å². The first-order valence-electron chi connectivity index (χ1n) is 7.00. The predicted octanol–water partition coefficient (Wildman–Crippen LogP) is 2.15. The van der Waals surface area contributed by atoms with Gasteiger partial charge in [-0.1, -0.05) is 6.07 Å². The van der Waals surface area contributed by atoms with Crippen LogP contribution in [0.2, 0.25) is 0 Å². The average Bonchev–Trinajstić information content (AvgIpc) is 2.51. The van der Waals surface area contributed by atoms with E-state index in [1.807, 2.05) is 35.9 Å². The summed E-state index contributed by atoms with van der Waals surface area (Å²) in [6.07, 6.45) is 1.82. The normalized spacial score (nSPS) is 10.2. The van der Waals surface area contributed by atoms with Gasteiger partial charge in [-0.15, -0.1) is 0 Å². The van der Waals surface area contributed by atoms with E-state index in [9.17, 15) is 14.9 Å². The number of nitro groups is 1. The summed E-state index contributed by atoms with van der Waals surface area (Å²) in [6, 6.07) is 8.51. The van der Waals surface area contributed by atoms with Crippen LogP contribution in [0.4, 0.5) is 11.4 Å². The van der Waals surface area contributed by atoms with Gasteiger partial charge in [0.05, 0.1) is 12.0 Å². The molecule has 7 nitrogen and oxygen atoms in total. The number of carbonyl (C=O) groups is 1. The molecule has 0 aliphatic carbocycles. The molecule has 1 aromatic carbocycles. The number of aryl methyl sites for hydroxylation is 2. The quantitative estimate of drug-likeness (QED) is 0.520. The van der Waals surface area contributed by atoms with Gasteiger partial charge in [0.25, 0.3) is 5.91 Å². The minimum Gasteiger partial charge on any atom is -0.490 e. The van der Waals surface area contributed by atoms with Gasteiger partial charge in [0, 0.05) is 36.9 Å². The largest absolute Gasteiger partial charge is 0.490 e. The standard InChI is InChI=1S/C16H17N3O4/c1-11-8-14(19(21)22)15(23-3)9-13(11)17-16(20)10-18-7-5-4-6-12(18)2/h4-9H,10H2,1-3H3/p+1. The van der Waals surface area contributed by atoms with E-state index in [4.69, 9.17) is 4.74 Å². The smallest absolute Gasteiger partial charge is 0.311 e. The molecule has 23 heavy (non-hydrogen) atoms. The molecule has 1 aromatic heterocycles. The molecule has 1 heterocycles. The number of anilines is 1. The Bertz CT molecular complexity index is 759. The third-order valence-electron chi connectivity index (χ3n) is 3.48. The van der Waals surface area contributed by atoms with Crippen molar-refractivity contribution in [2.24, 2.45) is 0 Å². The van der Waals surface area contributed by atoms with E-state index >= 15 is 0 Å². The summed E-state index contributed by atoms with van der Waals surface area (Å²) >= 11 is 0. The van der Waals surface area contributed by atoms with Crippen molar-refractivity contribution in [3.8, 4) is 5.75 Å². The van der Waals surface area contributed by atoms with E-state index in [1.54, 1.807) is 6.92 Å². The van der Waals surface area contributed by atoms with Crippen LogP contribution in [-0.2, 0) is 11.3 Å². The van der Waals surface area contributed by atoms with Crippen molar-refractivity contribution in [1.29, 1.82) is 0 Å². The second kappa shape index (κ2) is 6.87. The number of benzene rings is 1. The highest BCUT2D eigenvalue weighted by Crippen LogP contribution is 2.32. The topological polar surface area (TPSA) is 85.3 Å². The van der Waals surface area contributed by atoms with Crippen LogP contribution in [-0.4, -0.2) is 17.9 Å². The van der Waals surface area contributed by atoms with Gasteiger partial charge in [0.2, 0.25) is 6.54 Å². The maximum Gasteiger partial charge on any atom is 0.311 e. The zero-order valence-electron chi connectivity index (χ0n) is 13.2. The molecule has 0 fully saturated rings. The number of methoxy groups -OCH3 is 1. The molecule has 2 rings (SSSR count). The molecule has 1 amide bonds. The Hall–Kier alpha value is -2.96. The molecule has 0 aliphatic rings. The number of hydrogen-bond acceptors (Lipinski definition) is 4. The Balaban J connectivity index is 2.21. The second-order valence-electron chi connectivity index (χ2n) is 5.11. The van der Waals surface area contributed by atoms with Gasteiger partial charge >= 0.3 is 5.69 Å². The molecular formula is C16H18N3O4+. The Morgan fingerprint density at radius 2 is 2.09 bits per heavy atom. The minimum atomic E-state index is -0.513. The molecule has 0 saturated heterocycles. The zero-order valence-corrected chi connectivity index (χ0v) is 13.2. The lowest BCUT2D eigenvalue weighted by atomic mass is 10.1. The van der Waals surface area contributed by atoms with E-state index in [0.717, 1.165) is 5.69 Å². The van der Waals surface area contributed by atoms with Crippen LogP contribution in [0.3, 0.4) is 0 Å². The van der Waals surface area contributed by atoms with Crippen molar-refractivity contribution in [1.82, 2.24) is 0 Å². The number of hydrogen-bond donors (Lipinski definition) is 1. The number of rotatable bonds is 5. The van der Waals surface area contributed by atoms with Gasteiger partial charge in [0.15, 0.2) is 17.6 Å². The summed E-state index contributed by atoms with van der Waals surface area (Å²) in [6.45, 7) is 3.77. The van der Waals surface area contributed by atoms with Crippen molar-refractivity contribution in [3.05, 3.63) is 57.9 Å². The summed E-state index contributed by atoms with van der Waals surface area (Å²) < 4.78 is 6.84. The Labute approximate surface area is 133 Å². The first kappa shape index (κ1) is 16.4. The fourth-order valence-electron chi connectivity index (χ4n) is 2.20. The van der Waals surface area contributed by atoms with Crippen LogP contribution in [0.25, 0.3) is 0 Å². The Morgan fingerprint density at radius 1 is 1.35 bits per heavy atom.